The van der Waals surface area contributed by atoms with Gasteiger partial charge in [-0.25, -0.2) is 0 Å². The van der Waals surface area contributed by atoms with Gasteiger partial charge in [-0.3, -0.25) is 4.79 Å². The molecular formula is C21H24N2O3. The lowest BCUT2D eigenvalue weighted by atomic mass is 10.1. The number of hydrogen-bond acceptors (Lipinski definition) is 4. The largest absolute Gasteiger partial charge is 0.493 e. The zero-order valence-electron chi connectivity index (χ0n) is 15.1. The first-order chi connectivity index (χ1) is 12.8. The molecule has 0 radical (unpaired) electrons. The Labute approximate surface area is 152 Å². The van der Waals surface area contributed by atoms with Crippen LogP contribution in [0.25, 0.3) is 21.8 Å². The monoisotopic (exact) mass is 352 g/mol. The molecule has 0 saturated carbocycles. The maximum atomic E-state index is 12.8. The molecule has 0 aliphatic carbocycles. The zero-order valence-corrected chi connectivity index (χ0v) is 15.1. The van der Waals surface area contributed by atoms with Crippen molar-refractivity contribution >= 4 is 21.8 Å². The van der Waals surface area contributed by atoms with E-state index in [9.17, 15) is 4.79 Å². The van der Waals surface area contributed by atoms with Gasteiger partial charge in [0, 0.05) is 23.5 Å². The maximum absolute atomic E-state index is 12.8. The van der Waals surface area contributed by atoms with E-state index < -0.39 is 0 Å². The van der Waals surface area contributed by atoms with Crippen LogP contribution in [0.15, 0.2) is 41.2 Å². The summed E-state index contributed by atoms with van der Waals surface area (Å²) in [4.78, 5) is 18.6. The summed E-state index contributed by atoms with van der Waals surface area (Å²) in [6.07, 6.45) is 3.59. The zero-order chi connectivity index (χ0) is 17.9. The van der Waals surface area contributed by atoms with Crippen molar-refractivity contribution in [2.45, 2.75) is 19.3 Å². The second-order valence-corrected chi connectivity index (χ2v) is 6.80. The van der Waals surface area contributed by atoms with Crippen LogP contribution >= 0.6 is 0 Å². The van der Waals surface area contributed by atoms with Gasteiger partial charge in [-0.2, -0.15) is 0 Å². The van der Waals surface area contributed by atoms with Crippen molar-refractivity contribution in [2.24, 2.45) is 0 Å². The van der Waals surface area contributed by atoms with Gasteiger partial charge in [0.15, 0.2) is 16.9 Å². The maximum Gasteiger partial charge on any atom is 0.197 e. The average molecular weight is 352 g/mol. The summed E-state index contributed by atoms with van der Waals surface area (Å²) in [6.45, 7) is 4.11. The van der Waals surface area contributed by atoms with Crippen LogP contribution in [0, 0.1) is 0 Å². The van der Waals surface area contributed by atoms with E-state index in [2.05, 4.69) is 9.88 Å². The number of nitrogens with zero attached hydrogens (tertiary/aromatic N) is 1. The van der Waals surface area contributed by atoms with Crippen molar-refractivity contribution in [3.05, 3.63) is 46.6 Å². The van der Waals surface area contributed by atoms with Gasteiger partial charge >= 0.3 is 0 Å². The number of pyridine rings is 1. The van der Waals surface area contributed by atoms with Crippen molar-refractivity contribution in [1.82, 2.24) is 9.88 Å². The molecule has 0 amide bonds. The minimum absolute atomic E-state index is 0.00762. The topological polar surface area (TPSA) is 54.6 Å². The highest BCUT2D eigenvalue weighted by Crippen LogP contribution is 2.31. The lowest BCUT2D eigenvalue weighted by molar-refractivity contribution is 0.254. The third-order valence-electron chi connectivity index (χ3n) is 5.06. The quantitative estimate of drug-likeness (QED) is 0.544. The Hall–Kier alpha value is -2.53. The van der Waals surface area contributed by atoms with Crippen molar-refractivity contribution in [3.8, 4) is 11.5 Å². The summed E-state index contributed by atoms with van der Waals surface area (Å²) in [7, 11) is 1.60. The van der Waals surface area contributed by atoms with Gasteiger partial charge in [0.2, 0.25) is 0 Å². The molecule has 5 nitrogen and oxygen atoms in total. The number of aromatic nitrogens is 1. The molecule has 1 aliphatic rings. The number of ether oxygens (including phenoxy) is 2. The van der Waals surface area contributed by atoms with E-state index in [0.29, 0.717) is 28.9 Å². The normalized spacial score (nSPS) is 15.0. The van der Waals surface area contributed by atoms with Gasteiger partial charge in [0.05, 0.1) is 24.6 Å². The standard InChI is InChI=1S/C21H24N2O3/c1-25-19-13-16-18(22-17-8-3-2-7-15(17)21(16)24)14-20(19)26-12-6-11-23-9-4-5-10-23/h2-3,7-8,13-14H,4-6,9-12H2,1H3,(H,22,24). The lowest BCUT2D eigenvalue weighted by Gasteiger charge is -2.16. The highest BCUT2D eigenvalue weighted by atomic mass is 16.5. The average Bonchev–Trinajstić information content (AvgIpc) is 3.18. The second-order valence-electron chi connectivity index (χ2n) is 6.80. The Kier molecular flexibility index (Phi) is 4.80. The van der Waals surface area contributed by atoms with Gasteiger partial charge in [-0.1, -0.05) is 12.1 Å². The number of para-hydroxylation sites is 1. The Morgan fingerprint density at radius 2 is 1.85 bits per heavy atom. The molecule has 4 rings (SSSR count). The molecule has 26 heavy (non-hydrogen) atoms. The molecular weight excluding hydrogens is 328 g/mol. The minimum Gasteiger partial charge on any atom is -0.493 e. The molecule has 2 heterocycles. The summed E-state index contributed by atoms with van der Waals surface area (Å²) in [5, 5.41) is 1.30. The van der Waals surface area contributed by atoms with Gasteiger partial charge in [0.25, 0.3) is 0 Å². The van der Waals surface area contributed by atoms with Crippen LogP contribution in [-0.4, -0.2) is 43.2 Å². The number of rotatable bonds is 6. The SMILES string of the molecule is COc1cc2c(=O)c3ccccc3[nH]c2cc1OCCCN1CCCC1. The van der Waals surface area contributed by atoms with Crippen LogP contribution in [0.5, 0.6) is 11.5 Å². The molecule has 1 aromatic heterocycles. The first-order valence-corrected chi connectivity index (χ1v) is 9.24. The van der Waals surface area contributed by atoms with E-state index in [1.165, 1.54) is 25.9 Å². The minimum atomic E-state index is 0.00762. The summed E-state index contributed by atoms with van der Waals surface area (Å²) in [5.74, 6) is 1.27. The van der Waals surface area contributed by atoms with Crippen LogP contribution in [0.3, 0.4) is 0 Å². The summed E-state index contributed by atoms with van der Waals surface area (Å²) < 4.78 is 11.4. The number of benzene rings is 2. The molecule has 2 aromatic carbocycles. The molecule has 1 fully saturated rings. The van der Waals surface area contributed by atoms with Crippen molar-refractivity contribution in [2.75, 3.05) is 33.4 Å². The molecule has 5 heteroatoms. The van der Waals surface area contributed by atoms with Gasteiger partial charge in [0.1, 0.15) is 0 Å². The van der Waals surface area contributed by atoms with E-state index >= 15 is 0 Å². The molecule has 1 N–H and O–H groups in total. The number of aromatic amines is 1. The number of H-pyrrole nitrogens is 1. The van der Waals surface area contributed by atoms with Crippen molar-refractivity contribution < 1.29 is 9.47 Å². The Balaban J connectivity index is 1.59. The number of nitrogens with one attached hydrogen (secondary N) is 1. The van der Waals surface area contributed by atoms with E-state index in [4.69, 9.17) is 9.47 Å². The van der Waals surface area contributed by atoms with Crippen LogP contribution in [0.1, 0.15) is 19.3 Å². The number of likely N-dealkylation sites (tertiary alicyclic amines) is 1. The smallest absolute Gasteiger partial charge is 0.197 e. The van der Waals surface area contributed by atoms with Gasteiger partial charge in [-0.05, 0) is 50.6 Å². The number of fused-ring (bicyclic) bond motifs is 2. The summed E-state index contributed by atoms with van der Waals surface area (Å²) >= 11 is 0. The Bertz CT molecular complexity index is 974. The van der Waals surface area contributed by atoms with Crippen molar-refractivity contribution in [3.63, 3.8) is 0 Å². The molecule has 0 unspecified atom stereocenters. The molecule has 3 aromatic rings. The molecule has 136 valence electrons. The second kappa shape index (κ2) is 7.38. The van der Waals surface area contributed by atoms with Gasteiger partial charge < -0.3 is 19.4 Å². The predicted molar refractivity (Wildman–Crippen MR) is 104 cm³/mol. The predicted octanol–water partition coefficient (Wildman–Crippen LogP) is 3.55. The van der Waals surface area contributed by atoms with Crippen molar-refractivity contribution in [1.29, 1.82) is 0 Å². The summed E-state index contributed by atoms with van der Waals surface area (Å²) in [6, 6.07) is 11.2. The van der Waals surface area contributed by atoms with Crippen LogP contribution in [-0.2, 0) is 0 Å². The van der Waals surface area contributed by atoms with E-state index in [1.807, 2.05) is 30.3 Å². The Morgan fingerprint density at radius 3 is 2.65 bits per heavy atom. The van der Waals surface area contributed by atoms with Gasteiger partial charge in [-0.15, -0.1) is 0 Å². The van der Waals surface area contributed by atoms with E-state index in [-0.39, 0.29) is 5.43 Å². The highest BCUT2D eigenvalue weighted by Gasteiger charge is 2.13. The number of hydrogen-bond donors (Lipinski definition) is 1. The molecule has 1 aliphatic heterocycles. The van der Waals surface area contributed by atoms with Crippen LogP contribution < -0.4 is 14.9 Å². The fourth-order valence-electron chi connectivity index (χ4n) is 3.68. The summed E-state index contributed by atoms with van der Waals surface area (Å²) in [5.41, 5.74) is 1.60. The third-order valence-corrected chi connectivity index (χ3v) is 5.06. The molecule has 1 saturated heterocycles. The first-order valence-electron chi connectivity index (χ1n) is 9.24. The first kappa shape index (κ1) is 16.9. The van der Waals surface area contributed by atoms with Crippen LogP contribution in [0.4, 0.5) is 0 Å². The third kappa shape index (κ3) is 3.27. The fourth-order valence-corrected chi connectivity index (χ4v) is 3.68. The molecule has 0 bridgehead atoms. The highest BCUT2D eigenvalue weighted by molar-refractivity contribution is 5.93. The molecule has 0 spiro atoms. The Morgan fingerprint density at radius 1 is 1.04 bits per heavy atom. The number of methoxy groups -OCH3 is 1. The van der Waals surface area contributed by atoms with E-state index in [1.54, 1.807) is 13.2 Å². The van der Waals surface area contributed by atoms with Crippen LogP contribution in [0.2, 0.25) is 0 Å². The lowest BCUT2D eigenvalue weighted by Crippen LogP contribution is -2.22. The van der Waals surface area contributed by atoms with E-state index in [0.717, 1.165) is 24.0 Å². The molecule has 0 atom stereocenters. The fraction of sp³-hybridized carbons (Fsp3) is 0.381.